The summed E-state index contributed by atoms with van der Waals surface area (Å²) in [6.45, 7) is 4.30. The van der Waals surface area contributed by atoms with E-state index in [0.717, 1.165) is 28.4 Å². The monoisotopic (exact) mass is 1110 g/mol. The minimum Gasteiger partial charge on any atom is -0.483 e. The van der Waals surface area contributed by atoms with Crippen molar-refractivity contribution in [2.75, 3.05) is 26.3 Å². The van der Waals surface area contributed by atoms with E-state index in [4.69, 9.17) is 30.5 Å². The van der Waals surface area contributed by atoms with Crippen LogP contribution in [-0.4, -0.2) is 90.0 Å². The maximum Gasteiger partial charge on any atom is 0.309 e. The van der Waals surface area contributed by atoms with Crippen LogP contribution in [0, 0.1) is 12.8 Å². The van der Waals surface area contributed by atoms with Gasteiger partial charge in [0.2, 0.25) is 0 Å². The summed E-state index contributed by atoms with van der Waals surface area (Å²) >= 11 is 2.55. The van der Waals surface area contributed by atoms with Crippen LogP contribution in [0.2, 0.25) is 0 Å². The molecule has 382 valence electrons. The Morgan fingerprint density at radius 1 is 0.569 bits per heavy atom. The Hall–Kier alpha value is -4.68. The summed E-state index contributed by atoms with van der Waals surface area (Å²) in [5.41, 5.74) is 0.873. The number of amides is 1. The molecule has 29 heteroatoms. The van der Waals surface area contributed by atoms with E-state index >= 15 is 0 Å². The second-order valence-corrected chi connectivity index (χ2v) is 21.3. The van der Waals surface area contributed by atoms with E-state index in [0.29, 0.717) is 132 Å². The van der Waals surface area contributed by atoms with E-state index in [1.807, 2.05) is 13.0 Å². The maximum absolute atomic E-state index is 13.1. The molecule has 1 heterocycles. The van der Waals surface area contributed by atoms with Crippen LogP contribution in [0.5, 0.6) is 5.75 Å². The number of benzene rings is 8. The first-order valence-electron chi connectivity index (χ1n) is 20.7. The number of aryl methyl sites for hydroxylation is 1. The number of likely N-dealkylation sites (tertiary alicyclic amines) is 1. The largest absolute Gasteiger partial charge is 0.483 e. The fourth-order valence-corrected chi connectivity index (χ4v) is 12.6. The summed E-state index contributed by atoms with van der Waals surface area (Å²) in [4.78, 5) is 27.5. The lowest BCUT2D eigenvalue weighted by molar-refractivity contribution is -0.432. The Bertz CT molecular complexity index is 3540. The highest BCUT2D eigenvalue weighted by Crippen LogP contribution is 2.48. The standard InChI is InChI=1S/C26H25NO13S3.C17H12O9S3/c1-2-35-26(29)14-7-9-27(10-8-14)23(28)13-36-19-11-20(41-39-37-30)16-4-5-17-21(42-40-38-31)12-22(43(32,33)34)18-6-3-15(19)24(16)25(17)18;1-8-6-13(27-25-23-18)10-3-4-11-14(28-26-24-19)7-15(29(20,21)22)12-5-2-9(8)16(10)17(11)12/h3-6,11-12,14,30-31H,2,7-10,13H2,1H3,(H,32,33,34);2-7,18-19H,1H3,(H,20,21,22). The molecular formula is C43H37NO22S6. The smallest absolute Gasteiger partial charge is 0.309 e. The average Bonchev–Trinajstić information content (AvgIpc) is 3.36. The predicted molar refractivity (Wildman–Crippen MR) is 259 cm³/mol. The van der Waals surface area contributed by atoms with Crippen LogP contribution in [-0.2, 0) is 72.1 Å². The second-order valence-electron chi connectivity index (χ2n) is 15.5. The van der Waals surface area contributed by atoms with Crippen molar-refractivity contribution in [3.63, 3.8) is 0 Å². The summed E-state index contributed by atoms with van der Waals surface area (Å²) < 4.78 is 98.0. The van der Waals surface area contributed by atoms with Gasteiger partial charge in [-0.15, -0.1) is 17.3 Å². The summed E-state index contributed by atoms with van der Waals surface area (Å²) in [7, 11) is -9.29. The topological polar surface area (TPSA) is 319 Å². The van der Waals surface area contributed by atoms with Crippen LogP contribution in [0.15, 0.2) is 102 Å². The highest BCUT2D eigenvalue weighted by molar-refractivity contribution is 7.95. The average molecular weight is 1110 g/mol. The molecule has 9 rings (SSSR count). The molecule has 1 aliphatic rings. The lowest BCUT2D eigenvalue weighted by Crippen LogP contribution is -2.42. The van der Waals surface area contributed by atoms with E-state index in [1.165, 1.54) is 18.2 Å². The van der Waals surface area contributed by atoms with Gasteiger partial charge in [-0.3, -0.25) is 18.7 Å². The number of carbonyl (C=O) groups is 2. The molecule has 1 aliphatic heterocycles. The predicted octanol–water partition coefficient (Wildman–Crippen LogP) is 9.86. The molecule has 0 unspecified atom stereocenters. The van der Waals surface area contributed by atoms with Gasteiger partial charge in [0.15, 0.2) is 6.61 Å². The van der Waals surface area contributed by atoms with Gasteiger partial charge in [0.25, 0.3) is 26.1 Å². The molecule has 1 amide bonds. The van der Waals surface area contributed by atoms with Crippen molar-refractivity contribution in [3.8, 4) is 5.75 Å². The van der Waals surface area contributed by atoms with Crippen molar-refractivity contribution < 1.29 is 104 Å². The fourth-order valence-electron chi connectivity index (χ4n) is 8.82. The number of rotatable bonds is 19. The molecule has 1 fully saturated rings. The van der Waals surface area contributed by atoms with Gasteiger partial charge in [-0.2, -0.15) is 16.8 Å². The molecule has 0 aromatic heterocycles. The molecule has 8 aromatic carbocycles. The van der Waals surface area contributed by atoms with Gasteiger partial charge in [0.05, 0.1) is 65.6 Å². The SMILES string of the molecule is CCOC(=O)C1CCN(C(=O)COc2cc(SOOO)c3ccc4c(SOOO)cc(S(=O)(=O)O)c5ccc2c3c45)CC1.Cc1cc(SOOO)c2ccc3c(SOOO)cc(S(=O)(=O)O)c4ccc1c2c34. The maximum atomic E-state index is 13.1. The van der Waals surface area contributed by atoms with Gasteiger partial charge >= 0.3 is 5.97 Å². The van der Waals surface area contributed by atoms with E-state index in [-0.39, 0.29) is 45.3 Å². The van der Waals surface area contributed by atoms with E-state index in [9.17, 15) is 35.5 Å². The number of esters is 1. The molecule has 0 bridgehead atoms. The quantitative estimate of drug-likeness (QED) is 0.0109. The Morgan fingerprint density at radius 2 is 0.944 bits per heavy atom. The van der Waals surface area contributed by atoms with E-state index < -0.39 is 25.1 Å². The first-order valence-corrected chi connectivity index (χ1v) is 26.5. The third-order valence-corrected chi connectivity index (χ3v) is 16.1. The third-order valence-electron chi connectivity index (χ3n) is 11.7. The molecule has 23 nitrogen and oxygen atoms in total. The molecule has 72 heavy (non-hydrogen) atoms. The Morgan fingerprint density at radius 3 is 1.38 bits per heavy atom. The van der Waals surface area contributed by atoms with Crippen LogP contribution >= 0.6 is 48.2 Å². The summed E-state index contributed by atoms with van der Waals surface area (Å²) in [6, 6.07) is 19.2. The first-order chi connectivity index (χ1) is 34.5. The number of ether oxygens (including phenoxy) is 2. The lowest BCUT2D eigenvalue weighted by atomic mass is 9.92. The van der Waals surface area contributed by atoms with Crippen molar-refractivity contribution in [1.29, 1.82) is 0 Å². The van der Waals surface area contributed by atoms with Crippen LogP contribution in [0.25, 0.3) is 64.6 Å². The zero-order valence-corrected chi connectivity index (χ0v) is 41.8. The van der Waals surface area contributed by atoms with Crippen molar-refractivity contribution >= 4 is 145 Å². The molecule has 0 aliphatic carbocycles. The highest BCUT2D eigenvalue weighted by atomic mass is 32.2. The molecular weight excluding hydrogens is 1070 g/mol. The van der Waals surface area contributed by atoms with E-state index in [2.05, 4.69) is 37.5 Å². The molecule has 6 N–H and O–H groups in total. The number of piperidine rings is 1. The zero-order chi connectivity index (χ0) is 51.5. The van der Waals surface area contributed by atoms with Crippen LogP contribution in [0.3, 0.4) is 0 Å². The van der Waals surface area contributed by atoms with Gasteiger partial charge in [-0.05, 0) is 100 Å². The van der Waals surface area contributed by atoms with Crippen molar-refractivity contribution in [1.82, 2.24) is 4.90 Å². The highest BCUT2D eigenvalue weighted by Gasteiger charge is 2.30. The number of hydrogen-bond acceptors (Lipinski definition) is 24. The summed E-state index contributed by atoms with van der Waals surface area (Å²) in [5, 5.41) is 55.6. The molecule has 0 radical (unpaired) electrons. The van der Waals surface area contributed by atoms with Crippen molar-refractivity contribution in [2.45, 2.75) is 56.1 Å². The van der Waals surface area contributed by atoms with Crippen LogP contribution in [0.4, 0.5) is 0 Å². The summed E-state index contributed by atoms with van der Waals surface area (Å²) in [6.07, 6.45) is 0.953. The molecule has 8 aromatic rings. The van der Waals surface area contributed by atoms with Crippen molar-refractivity contribution in [2.24, 2.45) is 5.92 Å². The zero-order valence-electron chi connectivity index (χ0n) is 36.9. The van der Waals surface area contributed by atoms with Gasteiger partial charge < -0.3 is 14.4 Å². The molecule has 0 saturated carbocycles. The lowest BCUT2D eigenvalue weighted by Gasteiger charge is -2.30. The Kier molecular flexibility index (Phi) is 17.0. The fraction of sp³-hybridized carbons (Fsp3) is 0.209. The molecule has 1 saturated heterocycles. The molecule has 0 atom stereocenters. The first kappa shape index (κ1) is 53.6. The summed E-state index contributed by atoms with van der Waals surface area (Å²) in [5.74, 6) is -0.596. The second kappa shape index (κ2) is 22.8. The normalized spacial score (nSPS) is 13.8. The van der Waals surface area contributed by atoms with Gasteiger partial charge in [0.1, 0.15) is 15.5 Å². The van der Waals surface area contributed by atoms with Crippen LogP contribution < -0.4 is 4.74 Å². The van der Waals surface area contributed by atoms with Crippen molar-refractivity contribution in [3.05, 3.63) is 78.4 Å². The number of nitrogens with zero attached hydrogens (tertiary/aromatic N) is 1. The van der Waals surface area contributed by atoms with Gasteiger partial charge in [-0.25, -0.2) is 21.0 Å². The van der Waals surface area contributed by atoms with Gasteiger partial charge in [0, 0.05) is 54.7 Å². The Balaban J connectivity index is 0.000000208. The molecule has 0 spiro atoms. The minimum atomic E-state index is -4.72. The van der Waals surface area contributed by atoms with Crippen LogP contribution in [0.1, 0.15) is 25.3 Å². The minimum absolute atomic E-state index is 0.179. The number of carbonyl (C=O) groups excluding carboxylic acids is 2. The van der Waals surface area contributed by atoms with E-state index in [1.54, 1.807) is 60.4 Å². The third kappa shape index (κ3) is 10.9. The number of hydrogen-bond donors (Lipinski definition) is 6. The Labute approximate surface area is 423 Å². The van der Waals surface area contributed by atoms with Gasteiger partial charge in [-0.1, -0.05) is 62.6 Å².